The maximum absolute atomic E-state index is 3.95. The molecule has 0 aliphatic carbocycles. The van der Waals surface area contributed by atoms with Crippen LogP contribution in [0.2, 0.25) is 0 Å². The highest BCUT2D eigenvalue weighted by molar-refractivity contribution is 14.2. The van der Waals surface area contributed by atoms with Crippen LogP contribution in [-0.4, -0.2) is 10.4 Å². The molecule has 0 spiro atoms. The average Bonchev–Trinajstić information content (AvgIpc) is 1.69. The van der Waals surface area contributed by atoms with E-state index in [1.54, 1.807) is 0 Å². The summed E-state index contributed by atoms with van der Waals surface area (Å²) in [6.45, 7) is 2.15. The van der Waals surface area contributed by atoms with Crippen LogP contribution in [0.3, 0.4) is 0 Å². The third kappa shape index (κ3) is 1.51. The molecule has 0 aromatic carbocycles. The zero-order chi connectivity index (χ0) is 5.11. The highest BCUT2D eigenvalue weighted by Gasteiger charge is 1.80. The van der Waals surface area contributed by atoms with Gasteiger partial charge in [-0.25, -0.2) is 0 Å². The predicted molar refractivity (Wildman–Crippen MR) is 42.3 cm³/mol. The lowest BCUT2D eigenvalue weighted by Gasteiger charge is -1.88. The molecular weight excluding hydrogens is 201 g/mol. The second kappa shape index (κ2) is 2.35. The summed E-state index contributed by atoms with van der Waals surface area (Å²) < 4.78 is 3.52. The summed E-state index contributed by atoms with van der Waals surface area (Å²) in [6.07, 6.45) is 3.92. The van der Waals surface area contributed by atoms with Gasteiger partial charge in [-0.2, -0.15) is 0 Å². The van der Waals surface area contributed by atoms with Crippen molar-refractivity contribution in [3.8, 4) is 0 Å². The van der Waals surface area contributed by atoms with Gasteiger partial charge < -0.3 is 0 Å². The van der Waals surface area contributed by atoms with Gasteiger partial charge in [0.1, 0.15) is 0 Å². The number of allylic oxidation sites excluding steroid dienone is 2. The van der Waals surface area contributed by atoms with Gasteiger partial charge in [0.05, 0.1) is 4.14 Å². The summed E-state index contributed by atoms with van der Waals surface area (Å²) in [5.41, 5.74) is 0. The van der Waals surface area contributed by atoms with E-state index < -0.39 is 0 Å². The molecule has 1 nitrogen and oxygen atoms in total. The standard InChI is InChI=1S/C5H6IN/c1-5-2-3-7-4-6-5/h2-4H,1H3. The van der Waals surface area contributed by atoms with Crippen molar-refractivity contribution in [2.45, 2.75) is 6.92 Å². The molecule has 7 heavy (non-hydrogen) atoms. The molecule has 0 unspecified atom stereocenters. The lowest BCUT2D eigenvalue weighted by Crippen LogP contribution is -1.72. The van der Waals surface area contributed by atoms with Gasteiger partial charge in [-0.15, -0.1) is 0 Å². The van der Waals surface area contributed by atoms with E-state index in [9.17, 15) is 0 Å². The zero-order valence-corrected chi connectivity index (χ0v) is 6.21. The third-order valence-corrected chi connectivity index (χ3v) is 2.61. The number of rotatable bonds is 0. The number of hydrogen-bond donors (Lipinski definition) is 0. The van der Waals surface area contributed by atoms with E-state index in [0.29, 0.717) is 0 Å². The molecule has 0 fully saturated rings. The van der Waals surface area contributed by atoms with E-state index in [0.717, 1.165) is 0 Å². The van der Waals surface area contributed by atoms with Crippen molar-refractivity contribution >= 4 is 31.1 Å². The Labute approximate surface area is 52.9 Å². The molecule has 1 aliphatic heterocycles. The SMILES string of the molecule is CC1=CC=NC=I1. The predicted octanol–water partition coefficient (Wildman–Crippen LogP) is 1.71. The highest BCUT2D eigenvalue weighted by atomic mass is 127. The second-order valence-electron chi connectivity index (χ2n) is 1.26. The molecular formula is C5H6IN. The molecule has 0 radical (unpaired) electrons. The Kier molecular flexibility index (Phi) is 1.73. The van der Waals surface area contributed by atoms with E-state index in [1.807, 2.05) is 10.4 Å². The molecule has 0 atom stereocenters. The van der Waals surface area contributed by atoms with Crippen LogP contribution in [0.1, 0.15) is 6.92 Å². The van der Waals surface area contributed by atoms with Gasteiger partial charge in [0.25, 0.3) is 0 Å². The van der Waals surface area contributed by atoms with Gasteiger partial charge in [0.2, 0.25) is 0 Å². The molecule has 0 amide bonds. The molecule has 38 valence electrons. The normalized spacial score (nSPS) is 18.1. The molecule has 1 aliphatic rings. The smallest absolute Gasteiger partial charge is 0.0599 e. The molecule has 0 saturated carbocycles. The van der Waals surface area contributed by atoms with E-state index in [-0.39, 0.29) is 20.7 Å². The summed E-state index contributed by atoms with van der Waals surface area (Å²) >= 11 is 0.190. The largest absolute Gasteiger partial charge is 0.259 e. The Morgan fingerprint density at radius 1 is 1.71 bits per heavy atom. The fourth-order valence-electron chi connectivity index (χ4n) is 0.320. The lowest BCUT2D eigenvalue weighted by atomic mass is 10.6. The lowest BCUT2D eigenvalue weighted by molar-refractivity contribution is 1.73. The minimum Gasteiger partial charge on any atom is -0.259 e. The molecule has 2 heteroatoms. The first-order valence-electron chi connectivity index (χ1n) is 2.05. The van der Waals surface area contributed by atoms with Gasteiger partial charge >= 0.3 is 0 Å². The van der Waals surface area contributed by atoms with E-state index in [1.165, 1.54) is 3.58 Å². The topological polar surface area (TPSA) is 12.4 Å². The van der Waals surface area contributed by atoms with Gasteiger partial charge in [0, 0.05) is 6.21 Å². The van der Waals surface area contributed by atoms with Crippen molar-refractivity contribution in [3.63, 3.8) is 0 Å². The van der Waals surface area contributed by atoms with Crippen molar-refractivity contribution in [3.05, 3.63) is 9.66 Å². The first kappa shape index (κ1) is 5.15. The summed E-state index contributed by atoms with van der Waals surface area (Å²) in [7, 11) is 0. The quantitative estimate of drug-likeness (QED) is 0.536. The van der Waals surface area contributed by atoms with E-state index >= 15 is 0 Å². The van der Waals surface area contributed by atoms with Crippen molar-refractivity contribution in [1.82, 2.24) is 0 Å². The van der Waals surface area contributed by atoms with Gasteiger partial charge in [-0.3, -0.25) is 4.99 Å². The van der Waals surface area contributed by atoms with Gasteiger partial charge in [-0.05, 0) is 16.6 Å². The summed E-state index contributed by atoms with van der Waals surface area (Å²) in [4.78, 5) is 3.95. The van der Waals surface area contributed by atoms with Crippen molar-refractivity contribution in [2.24, 2.45) is 4.99 Å². The number of hydrogen-bond acceptors (Lipinski definition) is 1. The molecule has 1 rings (SSSR count). The highest BCUT2D eigenvalue weighted by Crippen LogP contribution is 2.12. The average molecular weight is 207 g/mol. The molecule has 0 aromatic rings. The van der Waals surface area contributed by atoms with Crippen LogP contribution in [0.4, 0.5) is 0 Å². The van der Waals surface area contributed by atoms with Crippen molar-refractivity contribution < 1.29 is 0 Å². The van der Waals surface area contributed by atoms with Crippen molar-refractivity contribution in [1.29, 1.82) is 0 Å². The van der Waals surface area contributed by atoms with E-state index in [2.05, 4.69) is 18.0 Å². The van der Waals surface area contributed by atoms with Gasteiger partial charge in [-0.1, -0.05) is 20.7 Å². The molecule has 0 N–H and O–H groups in total. The first-order chi connectivity index (χ1) is 3.39. The van der Waals surface area contributed by atoms with Crippen LogP contribution in [-0.2, 0) is 0 Å². The Bertz CT molecular complexity index is 144. The monoisotopic (exact) mass is 207 g/mol. The zero-order valence-electron chi connectivity index (χ0n) is 4.06. The number of nitrogens with zero attached hydrogens (tertiary/aromatic N) is 1. The second-order valence-corrected chi connectivity index (χ2v) is 4.14. The minimum absolute atomic E-state index is 0.190. The molecule has 0 aromatic heterocycles. The Morgan fingerprint density at radius 2 is 2.57 bits per heavy atom. The fraction of sp³-hybridized carbons (Fsp3) is 0.200. The number of aliphatic imine (C=N–C) groups is 1. The maximum Gasteiger partial charge on any atom is 0.0599 e. The summed E-state index contributed by atoms with van der Waals surface area (Å²) in [5.74, 6) is 0. The van der Waals surface area contributed by atoms with Crippen LogP contribution in [0.15, 0.2) is 14.6 Å². The van der Waals surface area contributed by atoms with Crippen molar-refractivity contribution in [2.75, 3.05) is 0 Å². The Balaban J connectivity index is 2.82. The van der Waals surface area contributed by atoms with Crippen LogP contribution in [0.25, 0.3) is 0 Å². The van der Waals surface area contributed by atoms with Crippen LogP contribution < -0.4 is 0 Å². The fourth-order valence-corrected chi connectivity index (χ4v) is 1.47. The van der Waals surface area contributed by atoms with E-state index in [4.69, 9.17) is 0 Å². The number of halogens is 1. The molecule has 1 heterocycles. The third-order valence-electron chi connectivity index (χ3n) is 0.668. The summed E-state index contributed by atoms with van der Waals surface area (Å²) in [5, 5.41) is 0. The van der Waals surface area contributed by atoms with Gasteiger partial charge in [0.15, 0.2) is 0 Å². The summed E-state index contributed by atoms with van der Waals surface area (Å²) in [6, 6.07) is 0. The molecule has 0 saturated heterocycles. The van der Waals surface area contributed by atoms with Crippen LogP contribution in [0, 0.1) is 0 Å². The Hall–Kier alpha value is 0.01000. The Morgan fingerprint density at radius 3 is 2.86 bits per heavy atom. The molecule has 0 bridgehead atoms. The van der Waals surface area contributed by atoms with Crippen LogP contribution in [0.5, 0.6) is 0 Å². The minimum atomic E-state index is 0.190. The van der Waals surface area contributed by atoms with Crippen LogP contribution >= 0.6 is 20.7 Å². The maximum atomic E-state index is 3.95. The first-order valence-corrected chi connectivity index (χ1v) is 4.37.